The van der Waals surface area contributed by atoms with Gasteiger partial charge in [-0.15, -0.1) is 0 Å². The van der Waals surface area contributed by atoms with E-state index in [0.29, 0.717) is 6.61 Å². The maximum absolute atomic E-state index is 13.9. The van der Waals surface area contributed by atoms with E-state index in [9.17, 15) is 19.5 Å². The van der Waals surface area contributed by atoms with Gasteiger partial charge in [-0.1, -0.05) is 143 Å². The van der Waals surface area contributed by atoms with E-state index in [-0.39, 0.29) is 36.2 Å². The van der Waals surface area contributed by atoms with Gasteiger partial charge < -0.3 is 25.2 Å². The van der Waals surface area contributed by atoms with Gasteiger partial charge in [0.2, 0.25) is 11.8 Å². The molecule has 1 saturated carbocycles. The Morgan fingerprint density at radius 2 is 1.25 bits per heavy atom. The van der Waals surface area contributed by atoms with Gasteiger partial charge in [-0.25, -0.2) is 0 Å². The lowest BCUT2D eigenvalue weighted by Crippen LogP contribution is -2.57. The first-order valence-electron chi connectivity index (χ1n) is 20.0. The third kappa shape index (κ3) is 15.9. The Labute approximate surface area is 294 Å². The molecule has 2 rings (SSSR count). The molecule has 1 aliphatic heterocycles. The molecule has 0 bridgehead atoms. The highest BCUT2D eigenvalue weighted by molar-refractivity contribution is 5.82. The van der Waals surface area contributed by atoms with Gasteiger partial charge >= 0.3 is 5.97 Å². The fourth-order valence-electron chi connectivity index (χ4n) is 7.62. The lowest BCUT2D eigenvalue weighted by atomic mass is 9.75. The summed E-state index contributed by atoms with van der Waals surface area (Å²) in [5, 5.41) is 16.6. The molecule has 1 aliphatic carbocycles. The summed E-state index contributed by atoms with van der Waals surface area (Å²) in [4.78, 5) is 39.8. The lowest BCUT2D eigenvalue weighted by Gasteiger charge is -2.45. The molecular formula is C40H74N2O6. The number of nitrogens with one attached hydrogen (secondary N) is 2. The predicted octanol–water partition coefficient (Wildman–Crippen LogP) is 9.33. The fraction of sp³-hybridized carbons (Fsp3) is 0.925. The highest BCUT2D eigenvalue weighted by Crippen LogP contribution is 2.36. The number of carboxylic acids is 1. The maximum atomic E-state index is 13.9. The van der Waals surface area contributed by atoms with E-state index in [1.54, 1.807) is 13.8 Å². The van der Waals surface area contributed by atoms with Crippen LogP contribution in [0.1, 0.15) is 183 Å². The van der Waals surface area contributed by atoms with Crippen LogP contribution in [0.4, 0.5) is 0 Å². The fourth-order valence-corrected chi connectivity index (χ4v) is 7.62. The molecule has 8 nitrogen and oxygen atoms in total. The zero-order valence-electron chi connectivity index (χ0n) is 31.8. The van der Waals surface area contributed by atoms with Crippen LogP contribution in [0, 0.1) is 23.2 Å². The van der Waals surface area contributed by atoms with Gasteiger partial charge in [0.05, 0.1) is 12.5 Å². The van der Waals surface area contributed by atoms with Crippen molar-refractivity contribution in [3.8, 4) is 0 Å². The molecular weight excluding hydrogens is 604 g/mol. The van der Waals surface area contributed by atoms with Gasteiger partial charge in [0.25, 0.3) is 0 Å². The van der Waals surface area contributed by atoms with E-state index in [4.69, 9.17) is 9.47 Å². The summed E-state index contributed by atoms with van der Waals surface area (Å²) >= 11 is 0. The zero-order valence-corrected chi connectivity index (χ0v) is 31.8. The van der Waals surface area contributed by atoms with Crippen molar-refractivity contribution in [3.05, 3.63) is 0 Å². The first-order chi connectivity index (χ1) is 22.9. The molecule has 0 aromatic carbocycles. The molecule has 3 N–H and O–H groups in total. The van der Waals surface area contributed by atoms with Crippen molar-refractivity contribution in [3.63, 3.8) is 0 Å². The van der Waals surface area contributed by atoms with Crippen LogP contribution in [0.15, 0.2) is 0 Å². The predicted molar refractivity (Wildman–Crippen MR) is 195 cm³/mol. The van der Waals surface area contributed by atoms with Crippen molar-refractivity contribution in [1.29, 1.82) is 0 Å². The van der Waals surface area contributed by atoms with Crippen LogP contribution in [0.25, 0.3) is 0 Å². The van der Waals surface area contributed by atoms with Gasteiger partial charge in [-0.3, -0.25) is 14.4 Å². The van der Waals surface area contributed by atoms with Gasteiger partial charge in [-0.2, -0.15) is 0 Å². The lowest BCUT2D eigenvalue weighted by molar-refractivity contribution is -0.304. The molecule has 280 valence electrons. The van der Waals surface area contributed by atoms with E-state index >= 15 is 0 Å². The summed E-state index contributed by atoms with van der Waals surface area (Å²) in [7, 11) is 0. The summed E-state index contributed by atoms with van der Waals surface area (Å²) in [5.74, 6) is -3.06. The van der Waals surface area contributed by atoms with Crippen molar-refractivity contribution >= 4 is 17.8 Å². The summed E-state index contributed by atoms with van der Waals surface area (Å²) in [5.41, 5.74) is -0.543. The minimum atomic E-state index is -0.927. The van der Waals surface area contributed by atoms with E-state index in [1.807, 2.05) is 13.8 Å². The van der Waals surface area contributed by atoms with Crippen molar-refractivity contribution in [1.82, 2.24) is 10.6 Å². The second-order valence-electron chi connectivity index (χ2n) is 16.2. The van der Waals surface area contributed by atoms with Gasteiger partial charge in [0.1, 0.15) is 6.10 Å². The molecule has 0 aromatic rings. The minimum absolute atomic E-state index is 0.0162. The second kappa shape index (κ2) is 22.9. The minimum Gasteiger partial charge on any atom is -0.481 e. The SMILES string of the molecule is CCCCCCCCCCC(CCCCCCCCCC)C(=O)NC1CCCCC1C(CNC(=O)C1OC(C)(C)OCC1(C)C)C(=O)O. The monoisotopic (exact) mass is 679 g/mol. The Morgan fingerprint density at radius 3 is 1.77 bits per heavy atom. The smallest absolute Gasteiger partial charge is 0.308 e. The molecule has 4 unspecified atom stereocenters. The number of aliphatic carboxylic acids is 1. The van der Waals surface area contributed by atoms with Crippen LogP contribution in [-0.4, -0.2) is 54.0 Å². The third-order valence-corrected chi connectivity index (χ3v) is 10.8. The highest BCUT2D eigenvalue weighted by atomic mass is 16.7. The highest BCUT2D eigenvalue weighted by Gasteiger charge is 2.46. The van der Waals surface area contributed by atoms with E-state index in [2.05, 4.69) is 24.5 Å². The van der Waals surface area contributed by atoms with Crippen LogP contribution in [0.5, 0.6) is 0 Å². The van der Waals surface area contributed by atoms with Crippen LogP contribution >= 0.6 is 0 Å². The average Bonchev–Trinajstić information content (AvgIpc) is 3.04. The summed E-state index contributed by atoms with van der Waals surface area (Å²) < 4.78 is 11.8. The molecule has 1 heterocycles. The Hall–Kier alpha value is -1.67. The van der Waals surface area contributed by atoms with E-state index in [0.717, 1.165) is 51.4 Å². The van der Waals surface area contributed by atoms with Gasteiger partial charge in [0.15, 0.2) is 5.79 Å². The topological polar surface area (TPSA) is 114 Å². The second-order valence-corrected chi connectivity index (χ2v) is 16.2. The Kier molecular flexibility index (Phi) is 20.3. The third-order valence-electron chi connectivity index (χ3n) is 10.8. The molecule has 2 fully saturated rings. The van der Waals surface area contributed by atoms with Crippen LogP contribution in [-0.2, 0) is 23.9 Å². The summed E-state index contributed by atoms with van der Waals surface area (Å²) in [6.45, 7) is 12.3. The van der Waals surface area contributed by atoms with Crippen LogP contribution < -0.4 is 10.6 Å². The van der Waals surface area contributed by atoms with Gasteiger partial charge in [-0.05, 0) is 45.4 Å². The van der Waals surface area contributed by atoms with Crippen molar-refractivity contribution in [2.75, 3.05) is 13.2 Å². The van der Waals surface area contributed by atoms with Crippen molar-refractivity contribution in [2.24, 2.45) is 23.2 Å². The van der Waals surface area contributed by atoms with Gasteiger partial charge in [0, 0.05) is 23.9 Å². The van der Waals surface area contributed by atoms with Crippen molar-refractivity contribution < 1.29 is 29.0 Å². The molecule has 0 spiro atoms. The van der Waals surface area contributed by atoms with Crippen molar-refractivity contribution in [2.45, 2.75) is 201 Å². The quantitative estimate of drug-likeness (QED) is 0.0830. The molecule has 0 radical (unpaired) electrons. The molecule has 2 amide bonds. The zero-order chi connectivity index (χ0) is 35.4. The number of amides is 2. The number of rotatable bonds is 25. The summed E-state index contributed by atoms with van der Waals surface area (Å²) in [6.07, 6.45) is 24.4. The summed E-state index contributed by atoms with van der Waals surface area (Å²) in [6, 6.07) is -0.196. The number of carbonyl (C=O) groups is 3. The number of carbonyl (C=O) groups excluding carboxylic acids is 2. The first kappa shape index (κ1) is 42.5. The molecule has 4 atom stereocenters. The largest absolute Gasteiger partial charge is 0.481 e. The molecule has 48 heavy (non-hydrogen) atoms. The standard InChI is InChI=1S/C40H74N2O6/c1-7-9-11-13-15-17-19-21-25-31(26-22-20-18-16-14-12-10-8-2)36(43)42-34-28-24-23-27-32(34)33(38(45)46)29-41-37(44)35-39(3,4)30-47-40(5,6)48-35/h31-35H,7-30H2,1-6H3,(H,41,44)(H,42,43)(H,45,46). The van der Waals surface area contributed by atoms with E-state index in [1.165, 1.54) is 89.9 Å². The van der Waals surface area contributed by atoms with Crippen LogP contribution in [0.2, 0.25) is 0 Å². The van der Waals surface area contributed by atoms with E-state index < -0.39 is 29.2 Å². The average molecular weight is 679 g/mol. The molecule has 1 saturated heterocycles. The van der Waals surface area contributed by atoms with Crippen LogP contribution in [0.3, 0.4) is 0 Å². The maximum Gasteiger partial charge on any atom is 0.308 e. The number of ether oxygens (including phenoxy) is 2. The molecule has 8 heteroatoms. The number of unbranched alkanes of at least 4 members (excludes halogenated alkanes) is 14. The number of carboxylic acid groups (broad SMARTS) is 1. The number of hydrogen-bond donors (Lipinski definition) is 3. The molecule has 2 aliphatic rings. The Balaban J connectivity index is 1.99. The first-order valence-corrected chi connectivity index (χ1v) is 20.0. The number of hydrogen-bond acceptors (Lipinski definition) is 5. The Bertz CT molecular complexity index is 901. The molecule has 0 aromatic heterocycles. The normalized spacial score (nSPS) is 22.7. The Morgan fingerprint density at radius 1 is 0.750 bits per heavy atom.